The lowest BCUT2D eigenvalue weighted by Gasteiger charge is -2.08. The van der Waals surface area contributed by atoms with Crippen LogP contribution in [-0.2, 0) is 16.4 Å². The van der Waals surface area contributed by atoms with Crippen molar-refractivity contribution >= 4 is 15.9 Å². The molecule has 0 spiro atoms. The molecule has 0 bridgehead atoms. The zero-order chi connectivity index (χ0) is 18.3. The van der Waals surface area contributed by atoms with E-state index < -0.39 is 10.0 Å². The van der Waals surface area contributed by atoms with Gasteiger partial charge in [-0.15, -0.1) is 0 Å². The number of rotatable bonds is 8. The Morgan fingerprint density at radius 2 is 1.72 bits per heavy atom. The van der Waals surface area contributed by atoms with Crippen LogP contribution in [0.3, 0.4) is 0 Å². The SMILES string of the molecule is CCCNC(=O)c1ccc(S(=O)(=O)NCCc2ccccc2F)cc1. The van der Waals surface area contributed by atoms with Crippen molar-refractivity contribution < 1.29 is 17.6 Å². The van der Waals surface area contributed by atoms with E-state index in [9.17, 15) is 17.6 Å². The molecule has 0 heterocycles. The maximum atomic E-state index is 13.5. The minimum atomic E-state index is -3.71. The van der Waals surface area contributed by atoms with Crippen LogP contribution in [0.1, 0.15) is 29.3 Å². The smallest absolute Gasteiger partial charge is 0.251 e. The van der Waals surface area contributed by atoms with Crippen LogP contribution < -0.4 is 10.0 Å². The number of halogens is 1. The fourth-order valence-electron chi connectivity index (χ4n) is 2.23. The Labute approximate surface area is 147 Å². The van der Waals surface area contributed by atoms with Gasteiger partial charge in [0.2, 0.25) is 10.0 Å². The summed E-state index contributed by atoms with van der Waals surface area (Å²) in [6, 6.07) is 11.9. The third-order valence-corrected chi connectivity index (χ3v) is 5.08. The van der Waals surface area contributed by atoms with E-state index in [1.807, 2.05) is 6.92 Å². The van der Waals surface area contributed by atoms with Gasteiger partial charge in [0.25, 0.3) is 5.91 Å². The summed E-state index contributed by atoms with van der Waals surface area (Å²) in [5.41, 5.74) is 0.854. The molecule has 0 unspecified atom stereocenters. The van der Waals surface area contributed by atoms with Crippen molar-refractivity contribution in [3.8, 4) is 0 Å². The van der Waals surface area contributed by atoms with Gasteiger partial charge in [0.15, 0.2) is 0 Å². The highest BCUT2D eigenvalue weighted by Crippen LogP contribution is 2.11. The summed E-state index contributed by atoms with van der Waals surface area (Å²) in [5.74, 6) is -0.595. The summed E-state index contributed by atoms with van der Waals surface area (Å²) < 4.78 is 40.5. The molecule has 0 saturated carbocycles. The maximum Gasteiger partial charge on any atom is 0.251 e. The van der Waals surface area contributed by atoms with E-state index in [0.29, 0.717) is 17.7 Å². The molecule has 0 saturated heterocycles. The van der Waals surface area contributed by atoms with E-state index in [4.69, 9.17) is 0 Å². The second-order valence-electron chi connectivity index (χ2n) is 5.52. The van der Waals surface area contributed by atoms with E-state index in [2.05, 4.69) is 10.0 Å². The summed E-state index contributed by atoms with van der Waals surface area (Å²) in [6.45, 7) is 2.60. The summed E-state index contributed by atoms with van der Waals surface area (Å²) in [4.78, 5) is 11.9. The number of hydrogen-bond acceptors (Lipinski definition) is 3. The molecular weight excluding hydrogens is 343 g/mol. The molecule has 0 fully saturated rings. The summed E-state index contributed by atoms with van der Waals surface area (Å²) >= 11 is 0. The Morgan fingerprint density at radius 1 is 1.04 bits per heavy atom. The van der Waals surface area contributed by atoms with Crippen molar-refractivity contribution in [2.24, 2.45) is 0 Å². The van der Waals surface area contributed by atoms with Crippen molar-refractivity contribution in [3.63, 3.8) is 0 Å². The first-order valence-corrected chi connectivity index (χ1v) is 9.53. The van der Waals surface area contributed by atoms with E-state index in [1.165, 1.54) is 30.3 Å². The van der Waals surface area contributed by atoms with Crippen molar-refractivity contribution in [2.45, 2.75) is 24.7 Å². The zero-order valence-electron chi connectivity index (χ0n) is 14.0. The first-order chi connectivity index (χ1) is 11.9. The molecule has 134 valence electrons. The summed E-state index contributed by atoms with van der Waals surface area (Å²) in [6.07, 6.45) is 1.08. The van der Waals surface area contributed by atoms with Crippen molar-refractivity contribution in [2.75, 3.05) is 13.1 Å². The molecule has 2 aromatic rings. The average molecular weight is 364 g/mol. The number of carbonyl (C=O) groups is 1. The van der Waals surface area contributed by atoms with Crippen LogP contribution in [0.4, 0.5) is 4.39 Å². The molecule has 0 aliphatic rings. The topological polar surface area (TPSA) is 75.3 Å². The van der Waals surface area contributed by atoms with Gasteiger partial charge < -0.3 is 5.32 Å². The van der Waals surface area contributed by atoms with Gasteiger partial charge in [0.1, 0.15) is 5.82 Å². The van der Waals surface area contributed by atoms with Gasteiger partial charge in [-0.1, -0.05) is 25.1 Å². The molecule has 1 amide bonds. The quantitative estimate of drug-likeness (QED) is 0.756. The van der Waals surface area contributed by atoms with E-state index in [-0.39, 0.29) is 29.6 Å². The molecule has 2 aromatic carbocycles. The van der Waals surface area contributed by atoms with Crippen LogP contribution in [0.2, 0.25) is 0 Å². The largest absolute Gasteiger partial charge is 0.352 e. The molecule has 7 heteroatoms. The third-order valence-electron chi connectivity index (χ3n) is 3.61. The van der Waals surface area contributed by atoms with Crippen LogP contribution in [0.25, 0.3) is 0 Å². The van der Waals surface area contributed by atoms with E-state index >= 15 is 0 Å². The number of carbonyl (C=O) groups excluding carboxylic acids is 1. The highest BCUT2D eigenvalue weighted by molar-refractivity contribution is 7.89. The zero-order valence-corrected chi connectivity index (χ0v) is 14.8. The Balaban J connectivity index is 1.97. The minimum Gasteiger partial charge on any atom is -0.352 e. The highest BCUT2D eigenvalue weighted by atomic mass is 32.2. The second-order valence-corrected chi connectivity index (χ2v) is 7.29. The first kappa shape index (κ1) is 19.1. The van der Waals surface area contributed by atoms with E-state index in [1.54, 1.807) is 18.2 Å². The predicted molar refractivity (Wildman–Crippen MR) is 94.4 cm³/mol. The molecular formula is C18H21FN2O3S. The molecule has 0 atom stereocenters. The lowest BCUT2D eigenvalue weighted by Crippen LogP contribution is -2.27. The van der Waals surface area contributed by atoms with Crippen molar-refractivity contribution in [1.82, 2.24) is 10.0 Å². The van der Waals surface area contributed by atoms with Crippen LogP contribution in [0.15, 0.2) is 53.4 Å². The monoisotopic (exact) mass is 364 g/mol. The Kier molecular flexibility index (Phi) is 6.66. The van der Waals surface area contributed by atoms with E-state index in [0.717, 1.165) is 6.42 Å². The van der Waals surface area contributed by atoms with Gasteiger partial charge >= 0.3 is 0 Å². The molecule has 2 rings (SSSR count). The number of nitrogens with one attached hydrogen (secondary N) is 2. The average Bonchev–Trinajstić information content (AvgIpc) is 2.61. The Bertz CT molecular complexity index is 820. The third kappa shape index (κ3) is 5.37. The fraction of sp³-hybridized carbons (Fsp3) is 0.278. The highest BCUT2D eigenvalue weighted by Gasteiger charge is 2.14. The lowest BCUT2D eigenvalue weighted by molar-refractivity contribution is 0.0953. The van der Waals surface area contributed by atoms with Crippen LogP contribution in [0, 0.1) is 5.82 Å². The number of hydrogen-bond donors (Lipinski definition) is 2. The van der Waals surface area contributed by atoms with Crippen LogP contribution in [0.5, 0.6) is 0 Å². The van der Waals surface area contributed by atoms with Gasteiger partial charge in [0, 0.05) is 18.7 Å². The van der Waals surface area contributed by atoms with Crippen molar-refractivity contribution in [3.05, 3.63) is 65.5 Å². The molecule has 25 heavy (non-hydrogen) atoms. The van der Waals surface area contributed by atoms with Crippen LogP contribution in [-0.4, -0.2) is 27.4 Å². The number of benzene rings is 2. The van der Waals surface area contributed by atoms with Gasteiger partial charge in [-0.2, -0.15) is 0 Å². The van der Waals surface area contributed by atoms with Gasteiger partial charge in [0.05, 0.1) is 4.90 Å². The molecule has 0 aromatic heterocycles. The second kappa shape index (κ2) is 8.73. The molecule has 5 nitrogen and oxygen atoms in total. The van der Waals surface area contributed by atoms with Crippen LogP contribution >= 0.6 is 0 Å². The summed E-state index contributed by atoms with van der Waals surface area (Å²) in [7, 11) is -3.71. The molecule has 0 aliphatic carbocycles. The normalized spacial score (nSPS) is 11.3. The van der Waals surface area contributed by atoms with Gasteiger partial charge in [-0.25, -0.2) is 17.5 Å². The Hall–Kier alpha value is -2.25. The molecule has 2 N–H and O–H groups in total. The summed E-state index contributed by atoms with van der Waals surface area (Å²) in [5, 5.41) is 2.73. The molecule has 0 radical (unpaired) electrons. The van der Waals surface area contributed by atoms with Gasteiger partial charge in [-0.05, 0) is 48.7 Å². The number of sulfonamides is 1. The minimum absolute atomic E-state index is 0.0630. The fourth-order valence-corrected chi connectivity index (χ4v) is 3.26. The van der Waals surface area contributed by atoms with Crippen molar-refractivity contribution in [1.29, 1.82) is 0 Å². The first-order valence-electron chi connectivity index (χ1n) is 8.05. The Morgan fingerprint density at radius 3 is 2.36 bits per heavy atom. The number of amides is 1. The van der Waals surface area contributed by atoms with Gasteiger partial charge in [-0.3, -0.25) is 4.79 Å². The molecule has 0 aliphatic heterocycles. The maximum absolute atomic E-state index is 13.5. The predicted octanol–water partition coefficient (Wildman–Crippen LogP) is 2.49. The standard InChI is InChI=1S/C18H21FN2O3S/c1-2-12-20-18(22)15-7-9-16(10-8-15)25(23,24)21-13-11-14-5-3-4-6-17(14)19/h3-10,21H,2,11-13H2,1H3,(H,20,22). The lowest BCUT2D eigenvalue weighted by atomic mass is 10.1.